The third-order valence-electron chi connectivity index (χ3n) is 4.25. The van der Waals surface area contributed by atoms with Crippen LogP contribution in [0.15, 0.2) is 38.4 Å². The molecule has 0 unspecified atom stereocenters. The Morgan fingerprint density at radius 3 is 2.09 bits per heavy atom. The van der Waals surface area contributed by atoms with Crippen molar-refractivity contribution in [1.29, 1.82) is 0 Å². The molecule has 0 atom stereocenters. The molecule has 1 aromatic rings. The van der Waals surface area contributed by atoms with Crippen molar-refractivity contribution < 1.29 is 19.0 Å². The topological polar surface area (TPSA) is 49.3 Å². The zero-order valence-corrected chi connectivity index (χ0v) is 21.6. The molecule has 0 saturated carbocycles. The van der Waals surface area contributed by atoms with Gasteiger partial charge in [0, 0.05) is 19.2 Å². The van der Waals surface area contributed by atoms with E-state index in [-0.39, 0.29) is 15.6 Å². The summed E-state index contributed by atoms with van der Waals surface area (Å²) in [5.41, 5.74) is 2.25. The van der Waals surface area contributed by atoms with E-state index in [1.165, 1.54) is 6.08 Å². The Balaban J connectivity index is 2.31. The van der Waals surface area contributed by atoms with E-state index < -0.39 is 0 Å². The van der Waals surface area contributed by atoms with Gasteiger partial charge in [-0.25, -0.2) is 0 Å². The Labute approximate surface area is 211 Å². The third-order valence-corrected chi connectivity index (χ3v) is 4.86. The highest BCUT2D eigenvalue weighted by Crippen LogP contribution is 2.31. The van der Waals surface area contributed by atoms with Crippen LogP contribution in [0.5, 0.6) is 11.5 Å². The fourth-order valence-electron chi connectivity index (χ4n) is 2.68. The molecule has 0 saturated heterocycles. The highest BCUT2D eigenvalue weighted by atomic mass is 35.5. The molecule has 0 aromatic heterocycles. The monoisotopic (exact) mass is 525 g/mol. The standard InChI is InChI=1S/C23H31Cl4NO4/c1-3-18-16-20(30-14-8-21(24)25)17-19(4-2)23(18)31-13-6-5-11-29-12-7-10-28-32-15-9-22(26)27/h8-10,16-17H,3-7,11-15H2,1-2H3/b28-10+. The Morgan fingerprint density at radius 2 is 1.47 bits per heavy atom. The number of halogens is 4. The third kappa shape index (κ3) is 13.4. The summed E-state index contributed by atoms with van der Waals surface area (Å²) in [6.45, 7) is 6.68. The molecule has 0 spiro atoms. The summed E-state index contributed by atoms with van der Waals surface area (Å²) in [5, 5.41) is 3.78. The number of nitrogens with zero attached hydrogens (tertiary/aromatic N) is 1. The first-order valence-electron chi connectivity index (χ1n) is 10.6. The summed E-state index contributed by atoms with van der Waals surface area (Å²) in [7, 11) is 0. The number of hydrogen-bond donors (Lipinski definition) is 0. The maximum absolute atomic E-state index is 6.12. The van der Waals surface area contributed by atoms with Crippen molar-refractivity contribution in [2.45, 2.75) is 46.0 Å². The van der Waals surface area contributed by atoms with E-state index in [1.54, 1.807) is 12.3 Å². The molecule has 0 radical (unpaired) electrons. The second-order valence-electron chi connectivity index (χ2n) is 6.62. The lowest BCUT2D eigenvalue weighted by atomic mass is 10.0. The first-order valence-corrected chi connectivity index (χ1v) is 12.1. The van der Waals surface area contributed by atoms with Gasteiger partial charge in [0.15, 0.2) is 0 Å². The molecule has 1 aromatic carbocycles. The summed E-state index contributed by atoms with van der Waals surface area (Å²) in [4.78, 5) is 4.95. The van der Waals surface area contributed by atoms with Crippen LogP contribution in [0.1, 0.15) is 44.2 Å². The summed E-state index contributed by atoms with van der Waals surface area (Å²) in [6.07, 6.45) is 9.01. The minimum absolute atomic E-state index is 0.164. The van der Waals surface area contributed by atoms with Crippen molar-refractivity contribution in [3.8, 4) is 11.5 Å². The number of unbranched alkanes of at least 4 members (excludes halogenated alkanes) is 1. The van der Waals surface area contributed by atoms with Crippen molar-refractivity contribution >= 4 is 52.6 Å². The maximum Gasteiger partial charge on any atom is 0.138 e. The lowest BCUT2D eigenvalue weighted by Gasteiger charge is -2.17. The molecule has 0 N–H and O–H groups in total. The van der Waals surface area contributed by atoms with Gasteiger partial charge in [-0.2, -0.15) is 0 Å². The number of rotatable bonds is 17. The van der Waals surface area contributed by atoms with Gasteiger partial charge in [-0.15, -0.1) is 0 Å². The van der Waals surface area contributed by atoms with Gasteiger partial charge >= 0.3 is 0 Å². The minimum Gasteiger partial charge on any atom is -0.493 e. The number of benzene rings is 1. The molecule has 5 nitrogen and oxygen atoms in total. The molecule has 0 bridgehead atoms. The van der Waals surface area contributed by atoms with Gasteiger partial charge in [-0.05, 0) is 61.1 Å². The van der Waals surface area contributed by atoms with Gasteiger partial charge in [0.2, 0.25) is 0 Å². The van der Waals surface area contributed by atoms with Crippen molar-refractivity contribution in [3.63, 3.8) is 0 Å². The van der Waals surface area contributed by atoms with Crippen LogP contribution >= 0.6 is 46.4 Å². The Morgan fingerprint density at radius 1 is 0.844 bits per heavy atom. The van der Waals surface area contributed by atoms with E-state index in [4.69, 9.17) is 65.5 Å². The smallest absolute Gasteiger partial charge is 0.138 e. The molecule has 0 fully saturated rings. The Bertz CT molecular complexity index is 721. The predicted molar refractivity (Wildman–Crippen MR) is 135 cm³/mol. The van der Waals surface area contributed by atoms with Crippen molar-refractivity contribution in [2.24, 2.45) is 5.16 Å². The van der Waals surface area contributed by atoms with Gasteiger partial charge in [-0.3, -0.25) is 0 Å². The molecule has 1 rings (SSSR count). The quantitative estimate of drug-likeness (QED) is 0.120. The van der Waals surface area contributed by atoms with E-state index in [0.29, 0.717) is 32.8 Å². The second-order valence-corrected chi connectivity index (χ2v) is 8.63. The Kier molecular flexibility index (Phi) is 16.6. The predicted octanol–water partition coefficient (Wildman–Crippen LogP) is 7.40. The van der Waals surface area contributed by atoms with E-state index in [0.717, 1.165) is 48.3 Å². The lowest BCUT2D eigenvalue weighted by molar-refractivity contribution is 0.131. The fraction of sp³-hybridized carbons (Fsp3) is 0.522. The normalized spacial score (nSPS) is 10.8. The van der Waals surface area contributed by atoms with Crippen LogP contribution in [0.2, 0.25) is 0 Å². The van der Waals surface area contributed by atoms with Gasteiger partial charge < -0.3 is 19.0 Å². The largest absolute Gasteiger partial charge is 0.493 e. The van der Waals surface area contributed by atoms with Crippen LogP contribution in [-0.2, 0) is 22.4 Å². The van der Waals surface area contributed by atoms with E-state index in [1.807, 2.05) is 12.1 Å². The number of hydrogen-bond acceptors (Lipinski definition) is 5. The van der Waals surface area contributed by atoms with Crippen molar-refractivity contribution in [1.82, 2.24) is 0 Å². The molecule has 9 heteroatoms. The average molecular weight is 527 g/mol. The second kappa shape index (κ2) is 18.3. The SMILES string of the molecule is CCc1cc(OCC=C(Cl)Cl)cc(CC)c1OCCCCOCC/C=N/OCC=C(Cl)Cl. The van der Waals surface area contributed by atoms with Crippen molar-refractivity contribution in [3.05, 3.63) is 44.4 Å². The first kappa shape index (κ1) is 28.9. The summed E-state index contributed by atoms with van der Waals surface area (Å²) < 4.78 is 17.8. The number of aryl methyl sites for hydroxylation is 2. The first-order chi connectivity index (χ1) is 15.5. The minimum atomic E-state index is 0.164. The zero-order valence-electron chi connectivity index (χ0n) is 18.5. The highest BCUT2D eigenvalue weighted by Gasteiger charge is 2.11. The number of ether oxygens (including phenoxy) is 3. The molecule has 32 heavy (non-hydrogen) atoms. The number of oxime groups is 1. The molecular formula is C23H31Cl4NO4. The van der Waals surface area contributed by atoms with Gasteiger partial charge in [0.05, 0.1) is 13.2 Å². The molecule has 0 aliphatic rings. The summed E-state index contributed by atoms with van der Waals surface area (Å²) in [6, 6.07) is 4.03. The molecule has 0 heterocycles. The summed E-state index contributed by atoms with van der Waals surface area (Å²) in [5.74, 6) is 1.74. The van der Waals surface area contributed by atoms with Gasteiger partial charge in [0.25, 0.3) is 0 Å². The molecule has 0 aliphatic heterocycles. The fourth-order valence-corrected chi connectivity index (χ4v) is 2.94. The summed E-state index contributed by atoms with van der Waals surface area (Å²) >= 11 is 22.2. The average Bonchev–Trinajstić information content (AvgIpc) is 2.76. The van der Waals surface area contributed by atoms with Crippen LogP contribution in [-0.4, -0.2) is 39.2 Å². The molecular weight excluding hydrogens is 496 g/mol. The van der Waals surface area contributed by atoms with Crippen molar-refractivity contribution in [2.75, 3.05) is 33.0 Å². The lowest BCUT2D eigenvalue weighted by Crippen LogP contribution is -2.06. The highest BCUT2D eigenvalue weighted by molar-refractivity contribution is 6.56. The zero-order chi connectivity index (χ0) is 23.6. The van der Waals surface area contributed by atoms with E-state index >= 15 is 0 Å². The van der Waals surface area contributed by atoms with Crippen LogP contribution in [0.4, 0.5) is 0 Å². The molecule has 180 valence electrons. The molecule has 0 aliphatic carbocycles. The van der Waals surface area contributed by atoms with Gasteiger partial charge in [0.1, 0.15) is 33.7 Å². The van der Waals surface area contributed by atoms with Crippen LogP contribution in [0.3, 0.4) is 0 Å². The van der Waals surface area contributed by atoms with E-state index in [9.17, 15) is 0 Å². The van der Waals surface area contributed by atoms with E-state index in [2.05, 4.69) is 19.0 Å². The molecule has 0 amide bonds. The maximum atomic E-state index is 6.12. The Hall–Kier alpha value is -1.11. The van der Waals surface area contributed by atoms with Gasteiger partial charge in [-0.1, -0.05) is 65.4 Å². The van der Waals surface area contributed by atoms with Crippen LogP contribution in [0, 0.1) is 0 Å². The van der Waals surface area contributed by atoms with Crippen LogP contribution in [0.25, 0.3) is 0 Å². The van der Waals surface area contributed by atoms with Crippen LogP contribution < -0.4 is 9.47 Å².